The number of rotatable bonds is 5. The van der Waals surface area contributed by atoms with Crippen molar-refractivity contribution in [3.05, 3.63) is 32.1 Å². The number of nitrogens with one attached hydrogen (secondary N) is 1. The van der Waals surface area contributed by atoms with Gasteiger partial charge in [-0.3, -0.25) is 19.1 Å². The molecule has 1 aromatic rings. The Balaban J connectivity index is 2.29. The highest BCUT2D eigenvalue weighted by atomic mass is 35.5. The van der Waals surface area contributed by atoms with Gasteiger partial charge in [0.15, 0.2) is 12.8 Å². The van der Waals surface area contributed by atoms with Crippen LogP contribution in [0.3, 0.4) is 0 Å². The van der Waals surface area contributed by atoms with Crippen molar-refractivity contribution >= 4 is 17.6 Å². The van der Waals surface area contributed by atoms with Gasteiger partial charge in [0.1, 0.15) is 17.2 Å². The Morgan fingerprint density at radius 1 is 1.72 bits per heavy atom. The van der Waals surface area contributed by atoms with E-state index in [1.165, 1.54) is 0 Å². The smallest absolute Gasteiger partial charge is 0.330 e. The SMILES string of the molecule is [2H]C([2H])(OC(=O)[C@@H](N)C(C)C)[C@]1(F)C[C@@H](O)[C@H](n2cc(Cl)c(=O)[nH]c2=O)O1. The highest BCUT2D eigenvalue weighted by Crippen LogP contribution is 2.37. The third-order valence-corrected chi connectivity index (χ3v) is 3.87. The minimum atomic E-state index is -3.32. The molecular weight excluding hydrogens is 361 g/mol. The van der Waals surface area contributed by atoms with E-state index in [1.54, 1.807) is 13.8 Å². The molecule has 140 valence electrons. The van der Waals surface area contributed by atoms with Gasteiger partial charge in [0, 0.05) is 12.6 Å². The van der Waals surface area contributed by atoms with Crippen LogP contribution in [0.25, 0.3) is 0 Å². The fourth-order valence-electron chi connectivity index (χ4n) is 2.11. The molecule has 4 N–H and O–H groups in total. The van der Waals surface area contributed by atoms with E-state index in [9.17, 15) is 19.5 Å². The molecule has 11 heteroatoms. The summed E-state index contributed by atoms with van der Waals surface area (Å²) in [7, 11) is 0. The molecule has 0 saturated carbocycles. The van der Waals surface area contributed by atoms with Crippen LogP contribution in [0.15, 0.2) is 15.8 Å². The predicted molar refractivity (Wildman–Crippen MR) is 84.7 cm³/mol. The fourth-order valence-corrected chi connectivity index (χ4v) is 2.26. The molecule has 1 aliphatic heterocycles. The molecule has 0 bridgehead atoms. The maximum absolute atomic E-state index is 15.1. The lowest BCUT2D eigenvalue weighted by Gasteiger charge is -2.22. The Labute approximate surface area is 149 Å². The first-order valence-corrected chi connectivity index (χ1v) is 7.71. The molecule has 25 heavy (non-hydrogen) atoms. The van der Waals surface area contributed by atoms with E-state index in [2.05, 4.69) is 4.74 Å². The van der Waals surface area contributed by atoms with Crippen molar-refractivity contribution in [2.45, 2.75) is 44.5 Å². The van der Waals surface area contributed by atoms with Gasteiger partial charge in [-0.25, -0.2) is 9.18 Å². The maximum atomic E-state index is 15.1. The third kappa shape index (κ3) is 4.27. The number of hydrogen-bond acceptors (Lipinski definition) is 7. The number of aromatic nitrogens is 2. The average molecular weight is 382 g/mol. The first-order chi connectivity index (χ1) is 12.3. The molecule has 1 fully saturated rings. The second-order valence-corrected chi connectivity index (χ2v) is 6.35. The number of ether oxygens (including phenoxy) is 2. The van der Waals surface area contributed by atoms with Gasteiger partial charge in [0.25, 0.3) is 5.56 Å². The summed E-state index contributed by atoms with van der Waals surface area (Å²) < 4.78 is 40.7. The number of esters is 1. The van der Waals surface area contributed by atoms with Crippen molar-refractivity contribution in [2.24, 2.45) is 11.7 Å². The van der Waals surface area contributed by atoms with Gasteiger partial charge in [0.05, 0.1) is 2.74 Å². The van der Waals surface area contributed by atoms with Crippen LogP contribution in [0.1, 0.15) is 29.2 Å². The van der Waals surface area contributed by atoms with Crippen LogP contribution in [0, 0.1) is 5.92 Å². The van der Waals surface area contributed by atoms with Crippen LogP contribution in [-0.2, 0) is 14.3 Å². The molecule has 2 heterocycles. The van der Waals surface area contributed by atoms with Crippen molar-refractivity contribution in [3.8, 4) is 0 Å². The lowest BCUT2D eigenvalue weighted by molar-refractivity contribution is -0.196. The predicted octanol–water partition coefficient (Wildman–Crippen LogP) is -0.338. The monoisotopic (exact) mass is 381 g/mol. The van der Waals surface area contributed by atoms with Gasteiger partial charge in [0.2, 0.25) is 5.85 Å². The standard InChI is InChI=1S/C14H19ClFN3O6/c1-6(2)9(17)12(22)24-5-14(16)3-8(20)11(25-14)19-4-7(15)10(21)18-13(19)23/h4,6,8-9,11,20H,3,5,17H2,1-2H3,(H,18,21,23)/t8-,9+,11-,14+/m1/s1/i5D2. The van der Waals surface area contributed by atoms with E-state index in [0.717, 1.165) is 6.20 Å². The summed E-state index contributed by atoms with van der Waals surface area (Å²) in [4.78, 5) is 36.9. The summed E-state index contributed by atoms with van der Waals surface area (Å²) in [5.41, 5.74) is 3.60. The average Bonchev–Trinajstić information content (AvgIpc) is 2.86. The van der Waals surface area contributed by atoms with Crippen LogP contribution in [0.2, 0.25) is 5.02 Å². The molecule has 4 atom stereocenters. The molecule has 1 aliphatic rings. The van der Waals surface area contributed by atoms with E-state index in [1.807, 2.05) is 4.98 Å². The highest BCUT2D eigenvalue weighted by Gasteiger charge is 2.49. The molecule has 2 rings (SSSR count). The number of aromatic amines is 1. The van der Waals surface area contributed by atoms with Gasteiger partial charge in [-0.1, -0.05) is 25.4 Å². The maximum Gasteiger partial charge on any atom is 0.330 e. The minimum Gasteiger partial charge on any atom is -0.458 e. The number of aliphatic hydroxyl groups is 1. The molecule has 0 aliphatic carbocycles. The van der Waals surface area contributed by atoms with Gasteiger partial charge in [-0.15, -0.1) is 0 Å². The molecule has 0 aromatic carbocycles. The third-order valence-electron chi connectivity index (χ3n) is 3.60. The van der Waals surface area contributed by atoms with E-state index in [-0.39, 0.29) is 0 Å². The van der Waals surface area contributed by atoms with E-state index in [4.69, 9.17) is 24.8 Å². The summed E-state index contributed by atoms with van der Waals surface area (Å²) in [6.07, 6.45) is -3.57. The number of alkyl halides is 1. The van der Waals surface area contributed by atoms with Gasteiger partial charge < -0.3 is 20.3 Å². The number of nitrogens with two attached hydrogens (primary N) is 1. The van der Waals surface area contributed by atoms with Crippen molar-refractivity contribution in [1.82, 2.24) is 9.55 Å². The quantitative estimate of drug-likeness (QED) is 0.593. The van der Waals surface area contributed by atoms with Crippen molar-refractivity contribution in [1.29, 1.82) is 0 Å². The van der Waals surface area contributed by atoms with Crippen molar-refractivity contribution < 1.29 is 26.5 Å². The van der Waals surface area contributed by atoms with Crippen LogP contribution < -0.4 is 17.0 Å². The zero-order valence-corrected chi connectivity index (χ0v) is 14.1. The summed E-state index contributed by atoms with van der Waals surface area (Å²) in [5.74, 6) is -4.88. The van der Waals surface area contributed by atoms with Crippen LogP contribution >= 0.6 is 11.6 Å². The number of carbonyl (C=O) groups is 1. The zero-order valence-electron chi connectivity index (χ0n) is 15.4. The van der Waals surface area contributed by atoms with Crippen LogP contribution in [-0.4, -0.2) is 45.2 Å². The lowest BCUT2D eigenvalue weighted by Crippen LogP contribution is -2.40. The second kappa shape index (κ2) is 7.24. The molecule has 1 aromatic heterocycles. The molecule has 9 nitrogen and oxygen atoms in total. The largest absolute Gasteiger partial charge is 0.458 e. The normalized spacial score (nSPS) is 29.2. The summed E-state index contributed by atoms with van der Waals surface area (Å²) in [6, 6.07) is -1.20. The summed E-state index contributed by atoms with van der Waals surface area (Å²) >= 11 is 5.61. The number of hydrogen-bond donors (Lipinski definition) is 3. The fraction of sp³-hybridized carbons (Fsp3) is 0.643. The number of nitrogens with zero attached hydrogens (tertiary/aromatic N) is 1. The molecule has 0 radical (unpaired) electrons. The number of halogens is 2. The summed E-state index contributed by atoms with van der Waals surface area (Å²) in [6.45, 7) is -0.141. The topological polar surface area (TPSA) is 137 Å². The van der Waals surface area contributed by atoms with Gasteiger partial charge in [-0.05, 0) is 5.92 Å². The van der Waals surface area contributed by atoms with E-state index < -0.39 is 65.4 Å². The number of carbonyl (C=O) groups excluding carboxylic acids is 1. The Kier molecular flexibility index (Phi) is 4.84. The second-order valence-electron chi connectivity index (χ2n) is 5.94. The molecule has 0 amide bonds. The van der Waals surface area contributed by atoms with E-state index in [0.29, 0.717) is 4.57 Å². The Morgan fingerprint density at radius 2 is 2.36 bits per heavy atom. The highest BCUT2D eigenvalue weighted by molar-refractivity contribution is 6.30. The van der Waals surface area contributed by atoms with Gasteiger partial charge >= 0.3 is 11.7 Å². The van der Waals surface area contributed by atoms with Crippen molar-refractivity contribution in [2.75, 3.05) is 6.56 Å². The number of aliphatic hydroxyl groups excluding tert-OH is 1. The summed E-state index contributed by atoms with van der Waals surface area (Å²) in [5, 5.41) is 9.63. The van der Waals surface area contributed by atoms with Crippen molar-refractivity contribution in [3.63, 3.8) is 0 Å². The van der Waals surface area contributed by atoms with E-state index >= 15 is 4.39 Å². The van der Waals surface area contributed by atoms with Crippen LogP contribution in [0.5, 0.6) is 0 Å². The molecule has 0 spiro atoms. The zero-order chi connectivity index (χ0) is 20.7. The Morgan fingerprint density at radius 3 is 2.96 bits per heavy atom. The van der Waals surface area contributed by atoms with Gasteiger partial charge in [-0.2, -0.15) is 0 Å². The van der Waals surface area contributed by atoms with Crippen LogP contribution in [0.4, 0.5) is 4.39 Å². The number of H-pyrrole nitrogens is 1. The first-order valence-electron chi connectivity index (χ1n) is 8.33. The molecular formula is C14H19ClFN3O6. The Bertz CT molecular complexity index is 847. The molecule has 1 saturated heterocycles. The lowest BCUT2D eigenvalue weighted by atomic mass is 10.1. The Hall–Kier alpha value is -1.75. The first kappa shape index (κ1) is 16.7. The minimum absolute atomic E-state index is 0.395. The molecule has 0 unspecified atom stereocenters.